The summed E-state index contributed by atoms with van der Waals surface area (Å²) in [5.74, 6) is -0.120. The minimum absolute atomic E-state index is 0.120. The second kappa shape index (κ2) is 5.64. The lowest BCUT2D eigenvalue weighted by Crippen LogP contribution is -2.30. The van der Waals surface area contributed by atoms with Crippen molar-refractivity contribution < 1.29 is 4.39 Å². The quantitative estimate of drug-likeness (QED) is 0.640. The molecule has 1 fully saturated rings. The number of rotatable bonds is 3. The summed E-state index contributed by atoms with van der Waals surface area (Å²) in [4.78, 5) is 0. The van der Waals surface area contributed by atoms with Crippen molar-refractivity contribution in [3.05, 3.63) is 35.6 Å². The van der Waals surface area contributed by atoms with Crippen LogP contribution < -0.4 is 0 Å². The fraction of sp³-hybridized carbons (Fsp3) is 0.667. The summed E-state index contributed by atoms with van der Waals surface area (Å²) in [6.07, 6.45) is 9.03. The van der Waals surface area contributed by atoms with Gasteiger partial charge in [-0.1, -0.05) is 52.2 Å². The number of hydrogen-bond acceptors (Lipinski definition) is 0. The Balaban J connectivity index is 2.21. The van der Waals surface area contributed by atoms with Gasteiger partial charge in [-0.2, -0.15) is 0 Å². The fourth-order valence-electron chi connectivity index (χ4n) is 3.33. The van der Waals surface area contributed by atoms with Gasteiger partial charge in [-0.25, -0.2) is 4.39 Å². The van der Waals surface area contributed by atoms with E-state index in [4.69, 9.17) is 0 Å². The molecule has 1 aliphatic carbocycles. The third-order valence-corrected chi connectivity index (χ3v) is 4.62. The van der Waals surface area contributed by atoms with Crippen LogP contribution in [0.1, 0.15) is 71.3 Å². The van der Waals surface area contributed by atoms with Crippen molar-refractivity contribution in [2.45, 2.75) is 71.1 Å². The monoisotopic (exact) mass is 262 g/mol. The van der Waals surface area contributed by atoms with Crippen LogP contribution >= 0.6 is 0 Å². The van der Waals surface area contributed by atoms with Crippen molar-refractivity contribution in [1.82, 2.24) is 0 Å². The average Bonchev–Trinajstić information content (AvgIpc) is 2.37. The van der Waals surface area contributed by atoms with Gasteiger partial charge in [0.1, 0.15) is 5.82 Å². The van der Waals surface area contributed by atoms with E-state index in [1.165, 1.54) is 50.5 Å². The van der Waals surface area contributed by atoms with Gasteiger partial charge in [0.15, 0.2) is 0 Å². The molecule has 19 heavy (non-hydrogen) atoms. The molecule has 0 amide bonds. The Labute approximate surface area is 117 Å². The second-order valence-corrected chi connectivity index (χ2v) is 7.41. The van der Waals surface area contributed by atoms with Crippen LogP contribution in [-0.4, -0.2) is 0 Å². The van der Waals surface area contributed by atoms with Crippen LogP contribution in [0.4, 0.5) is 4.39 Å². The molecule has 1 heteroatoms. The lowest BCUT2D eigenvalue weighted by Gasteiger charge is -2.40. The Hall–Kier alpha value is -0.850. The highest BCUT2D eigenvalue weighted by Crippen LogP contribution is 2.44. The predicted molar refractivity (Wildman–Crippen MR) is 79.9 cm³/mol. The Morgan fingerprint density at radius 2 is 1.58 bits per heavy atom. The van der Waals surface area contributed by atoms with Gasteiger partial charge in [-0.3, -0.25) is 0 Å². The maximum Gasteiger partial charge on any atom is 0.123 e. The van der Waals surface area contributed by atoms with Crippen LogP contribution in [-0.2, 0) is 5.41 Å². The van der Waals surface area contributed by atoms with E-state index in [2.05, 4.69) is 20.8 Å². The Kier molecular flexibility index (Phi) is 4.32. The lowest BCUT2D eigenvalue weighted by molar-refractivity contribution is 0.228. The predicted octanol–water partition coefficient (Wildman–Crippen LogP) is 5.85. The molecule has 0 aliphatic heterocycles. The van der Waals surface area contributed by atoms with Crippen LogP contribution in [0.3, 0.4) is 0 Å². The highest BCUT2D eigenvalue weighted by Gasteiger charge is 2.34. The van der Waals surface area contributed by atoms with Crippen LogP contribution in [0.5, 0.6) is 0 Å². The smallest absolute Gasteiger partial charge is 0.123 e. The van der Waals surface area contributed by atoms with Crippen molar-refractivity contribution in [2.24, 2.45) is 5.41 Å². The largest absolute Gasteiger partial charge is 0.207 e. The van der Waals surface area contributed by atoms with E-state index in [1.54, 1.807) is 12.1 Å². The summed E-state index contributed by atoms with van der Waals surface area (Å²) < 4.78 is 13.2. The summed E-state index contributed by atoms with van der Waals surface area (Å²) >= 11 is 0. The van der Waals surface area contributed by atoms with Crippen LogP contribution in [0.25, 0.3) is 0 Å². The molecule has 0 bridgehead atoms. The second-order valence-electron chi connectivity index (χ2n) is 7.41. The van der Waals surface area contributed by atoms with E-state index in [-0.39, 0.29) is 5.82 Å². The molecule has 0 atom stereocenters. The van der Waals surface area contributed by atoms with Crippen LogP contribution in [0.15, 0.2) is 24.3 Å². The van der Waals surface area contributed by atoms with Crippen molar-refractivity contribution in [2.75, 3.05) is 0 Å². The number of hydrogen-bond donors (Lipinski definition) is 0. The standard InChI is InChI=1S/C18H27F/c1-17(2,3)13-14-18(11-5-4-6-12-18)15-7-9-16(19)10-8-15/h7-10H,4-6,11-14H2,1-3H3. The lowest BCUT2D eigenvalue weighted by atomic mass is 9.65. The molecule has 0 spiro atoms. The molecule has 0 saturated heterocycles. The molecule has 0 N–H and O–H groups in total. The van der Waals surface area contributed by atoms with E-state index in [9.17, 15) is 4.39 Å². The zero-order valence-corrected chi connectivity index (χ0v) is 12.6. The SMILES string of the molecule is CC(C)(C)CCC1(c2ccc(F)cc2)CCCCC1. The molecule has 0 heterocycles. The molecule has 0 radical (unpaired) electrons. The van der Waals surface area contributed by atoms with Gasteiger partial charge in [0, 0.05) is 0 Å². The zero-order chi connectivity index (χ0) is 13.9. The van der Waals surface area contributed by atoms with E-state index in [0.29, 0.717) is 10.8 Å². The van der Waals surface area contributed by atoms with E-state index in [1.807, 2.05) is 12.1 Å². The Bertz CT molecular complexity index is 391. The fourth-order valence-corrected chi connectivity index (χ4v) is 3.33. The maximum absolute atomic E-state index is 13.2. The summed E-state index contributed by atoms with van der Waals surface area (Å²) in [5, 5.41) is 0. The molecule has 0 aromatic heterocycles. The number of benzene rings is 1. The molecule has 0 nitrogen and oxygen atoms in total. The highest BCUT2D eigenvalue weighted by atomic mass is 19.1. The maximum atomic E-state index is 13.2. The highest BCUT2D eigenvalue weighted by molar-refractivity contribution is 5.26. The van der Waals surface area contributed by atoms with E-state index >= 15 is 0 Å². The molecule has 1 aliphatic rings. The van der Waals surface area contributed by atoms with Gasteiger partial charge in [0.2, 0.25) is 0 Å². The molecule has 2 rings (SSSR count). The van der Waals surface area contributed by atoms with E-state index < -0.39 is 0 Å². The Morgan fingerprint density at radius 1 is 1.00 bits per heavy atom. The summed E-state index contributed by atoms with van der Waals surface area (Å²) in [6.45, 7) is 6.94. The first kappa shape index (κ1) is 14.6. The van der Waals surface area contributed by atoms with Crippen molar-refractivity contribution >= 4 is 0 Å². The van der Waals surface area contributed by atoms with Crippen LogP contribution in [0, 0.1) is 11.2 Å². The molecule has 1 saturated carbocycles. The molecule has 1 aromatic carbocycles. The average molecular weight is 262 g/mol. The van der Waals surface area contributed by atoms with Crippen molar-refractivity contribution in [3.63, 3.8) is 0 Å². The van der Waals surface area contributed by atoms with Crippen LogP contribution in [0.2, 0.25) is 0 Å². The van der Waals surface area contributed by atoms with Gasteiger partial charge in [0.05, 0.1) is 0 Å². The van der Waals surface area contributed by atoms with Crippen molar-refractivity contribution in [1.29, 1.82) is 0 Å². The van der Waals surface area contributed by atoms with E-state index in [0.717, 1.165) is 0 Å². The number of halogens is 1. The first-order valence-electron chi connectivity index (χ1n) is 7.67. The summed E-state index contributed by atoms with van der Waals surface area (Å²) in [7, 11) is 0. The first-order chi connectivity index (χ1) is 8.91. The van der Waals surface area contributed by atoms with Gasteiger partial charge < -0.3 is 0 Å². The molecule has 106 valence electrons. The topological polar surface area (TPSA) is 0 Å². The summed E-state index contributed by atoms with van der Waals surface area (Å²) in [5.41, 5.74) is 2.04. The molecular formula is C18H27F. The van der Waals surface area contributed by atoms with Gasteiger partial charge in [0.25, 0.3) is 0 Å². The van der Waals surface area contributed by atoms with Crippen molar-refractivity contribution in [3.8, 4) is 0 Å². The zero-order valence-electron chi connectivity index (χ0n) is 12.6. The normalized spacial score (nSPS) is 19.4. The minimum Gasteiger partial charge on any atom is -0.207 e. The van der Waals surface area contributed by atoms with Gasteiger partial charge in [-0.15, -0.1) is 0 Å². The Morgan fingerprint density at radius 3 is 2.11 bits per heavy atom. The van der Waals surface area contributed by atoms with Gasteiger partial charge >= 0.3 is 0 Å². The minimum atomic E-state index is -0.120. The molecule has 1 aromatic rings. The third kappa shape index (κ3) is 3.81. The molecule has 0 unspecified atom stereocenters. The third-order valence-electron chi connectivity index (χ3n) is 4.62. The molecular weight excluding hydrogens is 235 g/mol. The summed E-state index contributed by atoms with van der Waals surface area (Å²) in [6, 6.07) is 7.29. The van der Waals surface area contributed by atoms with Gasteiger partial charge in [-0.05, 0) is 54.2 Å². The first-order valence-corrected chi connectivity index (χ1v) is 7.67.